The molecule has 0 aliphatic carbocycles. The Bertz CT molecular complexity index is 680. The van der Waals surface area contributed by atoms with E-state index in [4.69, 9.17) is 28.0 Å². The Morgan fingerprint density at radius 2 is 1.71 bits per heavy atom. The van der Waals surface area contributed by atoms with Gasteiger partial charge in [0.15, 0.2) is 4.71 Å². The van der Waals surface area contributed by atoms with Gasteiger partial charge in [0.05, 0.1) is 5.56 Å². The van der Waals surface area contributed by atoms with Gasteiger partial charge in [-0.05, 0) is 23.3 Å². The largest absolute Gasteiger partial charge is 0.362 e. The van der Waals surface area contributed by atoms with Crippen LogP contribution >= 0.6 is 35.0 Å². The van der Waals surface area contributed by atoms with Crippen molar-refractivity contribution in [2.75, 3.05) is 0 Å². The van der Waals surface area contributed by atoms with Crippen molar-refractivity contribution in [3.05, 3.63) is 71.3 Å². The van der Waals surface area contributed by atoms with E-state index in [1.165, 1.54) is 11.8 Å². The third-order valence-electron chi connectivity index (χ3n) is 3.03. The summed E-state index contributed by atoms with van der Waals surface area (Å²) in [6.45, 7) is 0. The number of nitrogens with one attached hydrogen (secondary N) is 1. The van der Waals surface area contributed by atoms with Crippen molar-refractivity contribution >= 4 is 46.8 Å². The summed E-state index contributed by atoms with van der Waals surface area (Å²) in [5, 5.41) is 0. The summed E-state index contributed by atoms with van der Waals surface area (Å²) >= 11 is 12.9. The van der Waals surface area contributed by atoms with Crippen molar-refractivity contribution in [2.45, 2.75) is 16.3 Å². The monoisotopic (exact) mass is 383 g/mol. The summed E-state index contributed by atoms with van der Waals surface area (Å²) in [5.41, 5.74) is 4.33. The number of carbonyl (C=O) groups excluding carboxylic acids is 2. The predicted molar refractivity (Wildman–Crippen MR) is 96.9 cm³/mol. The van der Waals surface area contributed by atoms with E-state index in [0.29, 0.717) is 17.2 Å². The lowest BCUT2D eigenvalue weighted by atomic mass is 10.1. The first kappa shape index (κ1) is 18.6. The Morgan fingerprint density at radius 3 is 2.33 bits per heavy atom. The Hall–Kier alpha value is -1.69. The van der Waals surface area contributed by atoms with Crippen LogP contribution in [0.2, 0.25) is 0 Å². The number of hydrogen-bond donors (Lipinski definition) is 1. The normalized spacial score (nSPS) is 11.6. The molecule has 126 valence electrons. The molecule has 0 radical (unpaired) electrons. The molecule has 0 saturated carbocycles. The Labute approximate surface area is 154 Å². The molecule has 0 aliphatic rings. The van der Waals surface area contributed by atoms with Crippen LogP contribution in [0.3, 0.4) is 0 Å². The fourth-order valence-electron chi connectivity index (χ4n) is 1.75. The highest BCUT2D eigenvalue weighted by Gasteiger charge is 2.18. The van der Waals surface area contributed by atoms with Gasteiger partial charge in [0.1, 0.15) is 0 Å². The highest BCUT2D eigenvalue weighted by molar-refractivity contribution is 8.01. The lowest BCUT2D eigenvalue weighted by molar-refractivity contribution is -0.128. The van der Waals surface area contributed by atoms with Gasteiger partial charge >= 0.3 is 5.97 Å². The first-order valence-electron chi connectivity index (χ1n) is 7.05. The average molecular weight is 384 g/mol. The van der Waals surface area contributed by atoms with Crippen LogP contribution in [0.25, 0.3) is 0 Å². The second-order valence-electron chi connectivity index (χ2n) is 4.80. The maximum absolute atomic E-state index is 11.8. The number of halogens is 2. The zero-order valence-electron chi connectivity index (χ0n) is 12.6. The quantitative estimate of drug-likeness (QED) is 0.602. The first-order chi connectivity index (χ1) is 11.6. The van der Waals surface area contributed by atoms with Gasteiger partial charge < -0.3 is 4.84 Å². The molecule has 7 heteroatoms. The number of amides is 1. The Balaban J connectivity index is 1.77. The molecule has 0 fully saturated rings. The molecule has 0 saturated heterocycles. The molecule has 1 N–H and O–H groups in total. The van der Waals surface area contributed by atoms with Crippen LogP contribution < -0.4 is 5.48 Å². The minimum Gasteiger partial charge on any atom is -0.335 e. The number of hydroxylamine groups is 1. The van der Waals surface area contributed by atoms with E-state index in [1.807, 2.05) is 30.3 Å². The van der Waals surface area contributed by atoms with Crippen molar-refractivity contribution in [3.63, 3.8) is 0 Å². The molecule has 4 nitrogen and oxygen atoms in total. The van der Waals surface area contributed by atoms with Crippen molar-refractivity contribution in [1.29, 1.82) is 0 Å². The maximum atomic E-state index is 11.8. The van der Waals surface area contributed by atoms with E-state index in [1.54, 1.807) is 24.3 Å². The standard InChI is InChI=1S/C17H15Cl2NO3S/c18-10-12-6-8-14(9-7-12)17(22)23-20-16(21)15(19)24-11-13-4-2-1-3-5-13/h1-9,15H,10-11H2,(H,20,21). The van der Waals surface area contributed by atoms with E-state index in [-0.39, 0.29) is 0 Å². The van der Waals surface area contributed by atoms with E-state index in [2.05, 4.69) is 5.48 Å². The van der Waals surface area contributed by atoms with E-state index < -0.39 is 16.6 Å². The highest BCUT2D eigenvalue weighted by atomic mass is 35.5. The lowest BCUT2D eigenvalue weighted by Crippen LogP contribution is -2.32. The Kier molecular flexibility index (Phi) is 7.43. The van der Waals surface area contributed by atoms with Crippen LogP contribution in [0.4, 0.5) is 0 Å². The molecule has 0 bridgehead atoms. The van der Waals surface area contributed by atoms with Crippen LogP contribution in [-0.2, 0) is 21.3 Å². The Morgan fingerprint density at radius 1 is 1.04 bits per heavy atom. The van der Waals surface area contributed by atoms with E-state index in [0.717, 1.165) is 11.1 Å². The molecule has 0 aliphatic heterocycles. The molecule has 2 aromatic rings. The van der Waals surface area contributed by atoms with Gasteiger partial charge in [0, 0.05) is 11.6 Å². The smallest absolute Gasteiger partial charge is 0.335 e. The number of carbonyl (C=O) groups is 2. The van der Waals surface area contributed by atoms with Gasteiger partial charge in [0.2, 0.25) is 0 Å². The maximum Gasteiger partial charge on any atom is 0.362 e. The topological polar surface area (TPSA) is 55.4 Å². The molecule has 2 aromatic carbocycles. The van der Waals surface area contributed by atoms with Gasteiger partial charge in [-0.2, -0.15) is 5.48 Å². The molecule has 0 spiro atoms. The molecule has 0 heterocycles. The summed E-state index contributed by atoms with van der Waals surface area (Å²) < 4.78 is -0.864. The molecular formula is C17H15Cl2NO3S. The molecule has 2 rings (SSSR count). The summed E-state index contributed by atoms with van der Waals surface area (Å²) in [6.07, 6.45) is 0. The second-order valence-corrected chi connectivity index (χ2v) is 6.85. The fraction of sp³-hybridized carbons (Fsp3) is 0.176. The molecule has 1 amide bonds. The zero-order valence-corrected chi connectivity index (χ0v) is 14.9. The number of thioether (sulfide) groups is 1. The molecular weight excluding hydrogens is 369 g/mol. The van der Waals surface area contributed by atoms with Crippen LogP contribution in [0.1, 0.15) is 21.5 Å². The fourth-order valence-corrected chi connectivity index (χ4v) is 2.89. The number of benzene rings is 2. The molecule has 1 unspecified atom stereocenters. The predicted octanol–water partition coefficient (Wildman–Crippen LogP) is 4.11. The summed E-state index contributed by atoms with van der Waals surface area (Å²) in [5.74, 6) is -0.306. The minimum absolute atomic E-state index is 0.312. The third-order valence-corrected chi connectivity index (χ3v) is 4.93. The van der Waals surface area contributed by atoms with Gasteiger partial charge in [-0.3, -0.25) is 4.79 Å². The average Bonchev–Trinajstić information content (AvgIpc) is 2.64. The van der Waals surface area contributed by atoms with Crippen molar-refractivity contribution in [2.24, 2.45) is 0 Å². The van der Waals surface area contributed by atoms with E-state index >= 15 is 0 Å². The summed E-state index contributed by atoms with van der Waals surface area (Å²) in [4.78, 5) is 28.4. The minimum atomic E-state index is -0.864. The van der Waals surface area contributed by atoms with Gasteiger partial charge in [-0.1, -0.05) is 42.5 Å². The van der Waals surface area contributed by atoms with Crippen LogP contribution in [0.5, 0.6) is 0 Å². The highest BCUT2D eigenvalue weighted by Crippen LogP contribution is 2.21. The van der Waals surface area contributed by atoms with Crippen molar-refractivity contribution in [3.8, 4) is 0 Å². The van der Waals surface area contributed by atoms with Crippen molar-refractivity contribution < 1.29 is 14.4 Å². The second kappa shape index (κ2) is 9.57. The molecule has 24 heavy (non-hydrogen) atoms. The SMILES string of the molecule is O=C(ONC(=O)C(Cl)SCc1ccccc1)c1ccc(CCl)cc1. The number of rotatable bonds is 6. The molecule has 0 aromatic heterocycles. The van der Waals surface area contributed by atoms with Crippen molar-refractivity contribution in [1.82, 2.24) is 5.48 Å². The van der Waals surface area contributed by atoms with Gasteiger partial charge in [0.25, 0.3) is 5.91 Å². The first-order valence-corrected chi connectivity index (χ1v) is 9.07. The lowest BCUT2D eigenvalue weighted by Gasteiger charge is -2.10. The summed E-state index contributed by atoms with van der Waals surface area (Å²) in [7, 11) is 0. The van der Waals surface area contributed by atoms with Gasteiger partial charge in [-0.15, -0.1) is 35.0 Å². The van der Waals surface area contributed by atoms with Crippen LogP contribution in [0.15, 0.2) is 54.6 Å². The number of alkyl halides is 2. The molecule has 1 atom stereocenters. The number of hydrogen-bond acceptors (Lipinski definition) is 4. The van der Waals surface area contributed by atoms with Crippen LogP contribution in [0, 0.1) is 0 Å². The zero-order chi connectivity index (χ0) is 17.4. The van der Waals surface area contributed by atoms with Gasteiger partial charge in [-0.25, -0.2) is 4.79 Å². The third kappa shape index (κ3) is 5.74. The van der Waals surface area contributed by atoms with E-state index in [9.17, 15) is 9.59 Å². The van der Waals surface area contributed by atoms with Crippen LogP contribution in [-0.4, -0.2) is 16.6 Å². The summed E-state index contributed by atoms with van der Waals surface area (Å²) in [6, 6.07) is 16.2.